The van der Waals surface area contributed by atoms with E-state index >= 15 is 0 Å². The van der Waals surface area contributed by atoms with Gasteiger partial charge in [0.05, 0.1) is 5.92 Å². The summed E-state index contributed by atoms with van der Waals surface area (Å²) in [4.78, 5) is 11.8. The molecule has 18 heavy (non-hydrogen) atoms. The van der Waals surface area contributed by atoms with Gasteiger partial charge in [-0.2, -0.15) is 11.8 Å². The minimum atomic E-state index is -0.102. The highest BCUT2D eigenvalue weighted by atomic mass is 32.2. The monoisotopic (exact) mass is 266 g/mol. The highest BCUT2D eigenvalue weighted by molar-refractivity contribution is 7.99. The third kappa shape index (κ3) is 6.10. The van der Waals surface area contributed by atoms with Gasteiger partial charge in [-0.1, -0.05) is 51.1 Å². The van der Waals surface area contributed by atoms with E-state index in [9.17, 15) is 4.79 Å². The van der Waals surface area contributed by atoms with Crippen molar-refractivity contribution in [3.63, 3.8) is 0 Å². The highest BCUT2D eigenvalue weighted by Gasteiger charge is 2.14. The lowest BCUT2D eigenvalue weighted by Gasteiger charge is -2.12. The van der Waals surface area contributed by atoms with Crippen LogP contribution >= 0.6 is 11.8 Å². The Balaban J connectivity index is 2.23. The Bertz CT molecular complexity index is 349. The molecule has 1 unspecified atom stereocenters. The van der Waals surface area contributed by atoms with E-state index < -0.39 is 0 Å². The van der Waals surface area contributed by atoms with Crippen molar-refractivity contribution < 1.29 is 9.53 Å². The minimum Gasteiger partial charge on any atom is -0.461 e. The molecule has 2 nitrogen and oxygen atoms in total. The van der Waals surface area contributed by atoms with Gasteiger partial charge < -0.3 is 4.74 Å². The fourth-order valence-electron chi connectivity index (χ4n) is 1.42. The van der Waals surface area contributed by atoms with E-state index in [1.807, 2.05) is 49.0 Å². The van der Waals surface area contributed by atoms with Gasteiger partial charge in [0.25, 0.3) is 0 Å². The molecule has 1 rings (SSSR count). The van der Waals surface area contributed by atoms with Gasteiger partial charge in [-0.25, -0.2) is 0 Å². The van der Waals surface area contributed by atoms with Gasteiger partial charge in [0.2, 0.25) is 0 Å². The lowest BCUT2D eigenvalue weighted by Crippen LogP contribution is -2.17. The average molecular weight is 266 g/mol. The predicted molar refractivity (Wildman–Crippen MR) is 77.6 cm³/mol. The van der Waals surface area contributed by atoms with Crippen molar-refractivity contribution in [2.24, 2.45) is 11.8 Å². The molecule has 0 N–H and O–H groups in total. The summed E-state index contributed by atoms with van der Waals surface area (Å²) >= 11 is 1.82. The first-order chi connectivity index (χ1) is 8.59. The van der Waals surface area contributed by atoms with Crippen LogP contribution < -0.4 is 0 Å². The summed E-state index contributed by atoms with van der Waals surface area (Å²) in [6.07, 6.45) is 0. The first-order valence-electron chi connectivity index (χ1n) is 6.38. The van der Waals surface area contributed by atoms with Gasteiger partial charge in [-0.3, -0.25) is 4.79 Å². The van der Waals surface area contributed by atoms with Gasteiger partial charge in [0.1, 0.15) is 6.61 Å². The molecule has 0 saturated heterocycles. The molecule has 0 aromatic heterocycles. The van der Waals surface area contributed by atoms with Crippen molar-refractivity contribution in [1.82, 2.24) is 0 Å². The molecular weight excluding hydrogens is 244 g/mol. The van der Waals surface area contributed by atoms with E-state index in [0.29, 0.717) is 12.5 Å². The second kappa shape index (κ2) is 8.20. The predicted octanol–water partition coefficient (Wildman–Crippen LogP) is 3.76. The van der Waals surface area contributed by atoms with Crippen molar-refractivity contribution in [3.05, 3.63) is 35.9 Å². The van der Waals surface area contributed by atoms with Crippen LogP contribution in [0, 0.1) is 11.8 Å². The molecule has 0 aliphatic carbocycles. The molecule has 0 amide bonds. The highest BCUT2D eigenvalue weighted by Crippen LogP contribution is 2.14. The molecule has 0 saturated carbocycles. The molecule has 100 valence electrons. The summed E-state index contributed by atoms with van der Waals surface area (Å²) in [7, 11) is 0. The van der Waals surface area contributed by atoms with E-state index in [1.54, 1.807) is 0 Å². The van der Waals surface area contributed by atoms with Crippen molar-refractivity contribution in [2.75, 3.05) is 11.5 Å². The van der Waals surface area contributed by atoms with E-state index in [0.717, 1.165) is 17.1 Å². The van der Waals surface area contributed by atoms with Crippen LogP contribution in [-0.2, 0) is 16.1 Å². The molecule has 0 spiro atoms. The van der Waals surface area contributed by atoms with Crippen LogP contribution in [0.15, 0.2) is 30.3 Å². The number of ether oxygens (including phenoxy) is 1. The largest absolute Gasteiger partial charge is 0.461 e. The number of carbonyl (C=O) groups is 1. The molecule has 0 aliphatic heterocycles. The summed E-state index contributed by atoms with van der Waals surface area (Å²) < 4.78 is 5.30. The molecule has 0 aliphatic rings. The molecule has 1 aromatic carbocycles. The Morgan fingerprint density at radius 2 is 1.83 bits per heavy atom. The summed E-state index contributed by atoms with van der Waals surface area (Å²) in [6.45, 7) is 6.68. The Labute approximate surface area is 114 Å². The quantitative estimate of drug-likeness (QED) is 0.703. The SMILES string of the molecule is CC(C)CSCC(C)C(=O)OCc1ccccc1. The van der Waals surface area contributed by atoms with Gasteiger partial charge in [0, 0.05) is 5.75 Å². The molecular formula is C15H22O2S. The Morgan fingerprint density at radius 3 is 2.44 bits per heavy atom. The normalized spacial score (nSPS) is 12.4. The fraction of sp³-hybridized carbons (Fsp3) is 0.533. The summed E-state index contributed by atoms with van der Waals surface area (Å²) in [5, 5.41) is 0. The third-order valence-corrected chi connectivity index (χ3v) is 4.08. The average Bonchev–Trinajstić information content (AvgIpc) is 2.36. The van der Waals surface area contributed by atoms with E-state index in [2.05, 4.69) is 13.8 Å². The number of thioether (sulfide) groups is 1. The summed E-state index contributed by atoms with van der Waals surface area (Å²) in [5.41, 5.74) is 1.04. The Kier molecular flexibility index (Phi) is 6.88. The minimum absolute atomic E-state index is 0.0301. The summed E-state index contributed by atoms with van der Waals surface area (Å²) in [5.74, 6) is 2.47. The topological polar surface area (TPSA) is 26.3 Å². The standard InChI is InChI=1S/C15H22O2S/c1-12(2)10-18-11-13(3)15(16)17-9-14-7-5-4-6-8-14/h4-8,12-13H,9-11H2,1-3H3. The van der Waals surface area contributed by atoms with E-state index in [1.165, 1.54) is 0 Å². The Hall–Kier alpha value is -0.960. The van der Waals surface area contributed by atoms with Crippen LogP contribution in [0.1, 0.15) is 26.3 Å². The first-order valence-corrected chi connectivity index (χ1v) is 7.53. The van der Waals surface area contributed by atoms with Gasteiger partial charge in [-0.15, -0.1) is 0 Å². The molecule has 1 atom stereocenters. The lowest BCUT2D eigenvalue weighted by atomic mass is 10.2. The first kappa shape index (κ1) is 15.1. The van der Waals surface area contributed by atoms with Crippen LogP contribution in [0.4, 0.5) is 0 Å². The summed E-state index contributed by atoms with van der Waals surface area (Å²) in [6, 6.07) is 9.78. The number of carbonyl (C=O) groups excluding carboxylic acids is 1. The Morgan fingerprint density at radius 1 is 1.17 bits per heavy atom. The van der Waals surface area contributed by atoms with Crippen LogP contribution in [-0.4, -0.2) is 17.5 Å². The maximum Gasteiger partial charge on any atom is 0.309 e. The molecule has 0 heterocycles. The molecule has 1 aromatic rings. The fourth-order valence-corrected chi connectivity index (χ4v) is 2.52. The van der Waals surface area contributed by atoms with Crippen molar-refractivity contribution in [3.8, 4) is 0 Å². The second-order valence-corrected chi connectivity index (χ2v) is 6.00. The van der Waals surface area contributed by atoms with Crippen LogP contribution in [0.2, 0.25) is 0 Å². The van der Waals surface area contributed by atoms with Crippen molar-refractivity contribution in [1.29, 1.82) is 0 Å². The van der Waals surface area contributed by atoms with E-state index in [-0.39, 0.29) is 11.9 Å². The number of esters is 1. The third-order valence-electron chi connectivity index (χ3n) is 2.45. The maximum atomic E-state index is 11.8. The van der Waals surface area contributed by atoms with Gasteiger partial charge in [-0.05, 0) is 17.2 Å². The second-order valence-electron chi connectivity index (χ2n) is 4.93. The molecule has 0 fully saturated rings. The van der Waals surface area contributed by atoms with Gasteiger partial charge >= 0.3 is 5.97 Å². The molecule has 0 radical (unpaired) electrons. The zero-order chi connectivity index (χ0) is 13.4. The van der Waals surface area contributed by atoms with Crippen LogP contribution in [0.3, 0.4) is 0 Å². The zero-order valence-corrected chi connectivity index (χ0v) is 12.2. The smallest absolute Gasteiger partial charge is 0.309 e. The number of hydrogen-bond acceptors (Lipinski definition) is 3. The van der Waals surface area contributed by atoms with E-state index in [4.69, 9.17) is 4.74 Å². The molecule has 3 heteroatoms. The van der Waals surface area contributed by atoms with Crippen molar-refractivity contribution >= 4 is 17.7 Å². The lowest BCUT2D eigenvalue weighted by molar-refractivity contribution is -0.148. The number of rotatable bonds is 7. The zero-order valence-electron chi connectivity index (χ0n) is 11.4. The van der Waals surface area contributed by atoms with Gasteiger partial charge in [0.15, 0.2) is 0 Å². The number of benzene rings is 1. The number of hydrogen-bond donors (Lipinski definition) is 0. The van der Waals surface area contributed by atoms with Crippen molar-refractivity contribution in [2.45, 2.75) is 27.4 Å². The molecule has 0 bridgehead atoms. The van der Waals surface area contributed by atoms with Crippen LogP contribution in [0.25, 0.3) is 0 Å². The maximum absolute atomic E-state index is 11.8. The van der Waals surface area contributed by atoms with Crippen LogP contribution in [0.5, 0.6) is 0 Å².